The van der Waals surface area contributed by atoms with Crippen molar-refractivity contribution in [2.45, 2.75) is 237 Å². The highest BCUT2D eigenvalue weighted by Crippen LogP contribution is 2.16. The van der Waals surface area contributed by atoms with E-state index in [0.29, 0.717) is 71.0 Å². The summed E-state index contributed by atoms with van der Waals surface area (Å²) >= 11 is 0. The molecule has 0 N–H and O–H groups in total. The molecular weight excluding hydrogens is 1340 g/mol. The number of nitrogens with zero attached hydrogens (tertiary/aromatic N) is 22. The molecule has 22 heteroatoms. The minimum atomic E-state index is 0.396. The Kier molecular flexibility index (Phi) is 52.2. The summed E-state index contributed by atoms with van der Waals surface area (Å²) in [5.74, 6) is 7.97. The maximum atomic E-state index is 4.18. The van der Waals surface area contributed by atoms with Crippen molar-refractivity contribution in [3.63, 3.8) is 0 Å². The van der Waals surface area contributed by atoms with Gasteiger partial charge >= 0.3 is 0 Å². The lowest BCUT2D eigenvalue weighted by molar-refractivity contribution is 0.759. The largest absolute Gasteiger partial charge is 0.265 e. The Morgan fingerprint density at radius 2 is 0.574 bits per heavy atom. The van der Waals surface area contributed by atoms with Crippen molar-refractivity contribution in [1.29, 1.82) is 0 Å². The van der Waals surface area contributed by atoms with E-state index in [9.17, 15) is 0 Å². The lowest BCUT2D eigenvalue weighted by atomic mass is 10.1. The van der Waals surface area contributed by atoms with Gasteiger partial charge in [-0.25, -0.2) is 44.9 Å². The fourth-order valence-electron chi connectivity index (χ4n) is 7.71. The molecule has 0 aliphatic rings. The van der Waals surface area contributed by atoms with Crippen molar-refractivity contribution < 1.29 is 0 Å². The maximum absolute atomic E-state index is 4.18. The molecule has 0 aliphatic carbocycles. The molecule has 12 aromatic heterocycles. The number of aromatic nitrogens is 22. The van der Waals surface area contributed by atoms with Crippen molar-refractivity contribution >= 4 is 0 Å². The zero-order valence-corrected chi connectivity index (χ0v) is 68.7. The summed E-state index contributed by atoms with van der Waals surface area (Å²) in [5.41, 5.74) is 11.8. The van der Waals surface area contributed by atoms with Crippen LogP contribution in [0, 0.1) is 0 Å². The quantitative estimate of drug-likeness (QED) is 0.110. The second kappa shape index (κ2) is 59.3. The van der Waals surface area contributed by atoms with Crippen LogP contribution in [0.3, 0.4) is 0 Å². The Balaban J connectivity index is 0.000000589. The second-order valence-corrected chi connectivity index (χ2v) is 27.8. The number of hydrogen-bond donors (Lipinski definition) is 0. The van der Waals surface area contributed by atoms with Crippen LogP contribution in [0.25, 0.3) is 0 Å². The van der Waals surface area contributed by atoms with Gasteiger partial charge in [-0.1, -0.05) is 178 Å². The van der Waals surface area contributed by atoms with Gasteiger partial charge in [-0.3, -0.25) is 34.9 Å². The van der Waals surface area contributed by atoms with E-state index in [1.165, 1.54) is 40.5 Å². The molecule has 0 bridgehead atoms. The zero-order chi connectivity index (χ0) is 80.3. The summed E-state index contributed by atoms with van der Waals surface area (Å²) in [6.45, 7) is 50.8. The van der Waals surface area contributed by atoms with Gasteiger partial charge in [0.05, 0.1) is 29.5 Å². The van der Waals surface area contributed by atoms with Gasteiger partial charge in [0, 0.05) is 141 Å². The highest BCUT2D eigenvalue weighted by atomic mass is 15.1. The van der Waals surface area contributed by atoms with Crippen molar-refractivity contribution in [3.05, 3.63) is 302 Å². The van der Waals surface area contributed by atoms with E-state index in [4.69, 9.17) is 0 Å². The van der Waals surface area contributed by atoms with Crippen molar-refractivity contribution in [2.75, 3.05) is 0 Å². The Bertz CT molecular complexity index is 2970. The Morgan fingerprint density at radius 3 is 0.852 bits per heavy atom. The smallest absolute Gasteiger partial charge is 0.134 e. The van der Waals surface area contributed by atoms with Crippen LogP contribution in [0.4, 0.5) is 0 Å². The van der Waals surface area contributed by atoms with Crippen molar-refractivity contribution in [3.8, 4) is 0 Å². The van der Waals surface area contributed by atoms with Crippen LogP contribution in [0.15, 0.2) is 234 Å². The number of pyridine rings is 3. The molecule has 0 saturated heterocycles. The SMILES string of the molecule is CC(C)c1ccccn1.CC(C)c1cccnc1.CC(C)c1cccnn1.CC(C)c1ccncc1.CC(C)c1ccncn1.CC(C)c1ccnnc1.CC(C)c1ccnnc1.CC(C)c1cnccn1.CC(C)c1cnccn1.CC(C)c1cncnc1.CC(C)c1ncccn1.CC(C)c1ncncn1. The van der Waals surface area contributed by atoms with E-state index in [-0.39, 0.29) is 0 Å². The maximum Gasteiger partial charge on any atom is 0.134 e. The predicted octanol–water partition coefficient (Wildman–Crippen LogP) is 20.4. The average Bonchev–Trinajstić information content (AvgIpc) is 2.60. The van der Waals surface area contributed by atoms with Crippen LogP contribution in [0.5, 0.6) is 0 Å². The van der Waals surface area contributed by atoms with E-state index in [2.05, 4.69) is 283 Å². The Hall–Kier alpha value is -10.9. The zero-order valence-electron chi connectivity index (χ0n) is 68.7. The molecule has 0 aliphatic heterocycles. The molecule has 22 nitrogen and oxygen atoms in total. The van der Waals surface area contributed by atoms with E-state index in [1.54, 1.807) is 106 Å². The van der Waals surface area contributed by atoms with Gasteiger partial charge in [0.1, 0.15) is 37.0 Å². The van der Waals surface area contributed by atoms with Gasteiger partial charge in [-0.15, -0.1) is 0 Å². The van der Waals surface area contributed by atoms with Gasteiger partial charge in [0.25, 0.3) is 0 Å². The molecule has 0 unspecified atom stereocenters. The van der Waals surface area contributed by atoms with Gasteiger partial charge in [0.2, 0.25) is 0 Å². The van der Waals surface area contributed by atoms with Crippen LogP contribution in [0.2, 0.25) is 0 Å². The minimum Gasteiger partial charge on any atom is -0.265 e. The number of rotatable bonds is 12. The second-order valence-electron chi connectivity index (χ2n) is 27.8. The first-order chi connectivity index (χ1) is 51.7. The molecule has 0 aromatic carbocycles. The Labute approximate surface area is 646 Å². The molecular formula is C86H122N22. The highest BCUT2D eigenvalue weighted by Gasteiger charge is 2.04. The molecule has 108 heavy (non-hydrogen) atoms. The minimum absolute atomic E-state index is 0.396. The Morgan fingerprint density at radius 1 is 0.176 bits per heavy atom. The summed E-state index contributed by atoms with van der Waals surface area (Å²) < 4.78 is 0. The van der Waals surface area contributed by atoms with Crippen LogP contribution in [-0.2, 0) is 0 Å². The topological polar surface area (TPSA) is 284 Å². The van der Waals surface area contributed by atoms with E-state index in [0.717, 1.165) is 40.1 Å². The van der Waals surface area contributed by atoms with Crippen LogP contribution < -0.4 is 0 Å². The van der Waals surface area contributed by atoms with Crippen molar-refractivity contribution in [2.24, 2.45) is 0 Å². The first-order valence-corrected chi connectivity index (χ1v) is 37.1. The predicted molar refractivity (Wildman–Crippen MR) is 438 cm³/mol. The average molecular weight is 1460 g/mol. The van der Waals surface area contributed by atoms with E-state index >= 15 is 0 Å². The number of hydrogen-bond acceptors (Lipinski definition) is 22. The van der Waals surface area contributed by atoms with Crippen LogP contribution >= 0.6 is 0 Å². The molecule has 0 saturated carbocycles. The normalized spacial score (nSPS) is 10.1. The third-order valence-corrected chi connectivity index (χ3v) is 14.7. The lowest BCUT2D eigenvalue weighted by Crippen LogP contribution is -1.95. The summed E-state index contributed by atoms with van der Waals surface area (Å²) in [5, 5.41) is 22.6. The van der Waals surface area contributed by atoms with Gasteiger partial charge in [-0.05, 0) is 154 Å². The fraction of sp³-hybridized carbons (Fsp3) is 0.419. The standard InChI is InChI=1S/3C8H11N.8C7H10N2.C6H9N3/c1-7(2)8-3-5-9-6-4-8;1-7(2)8-4-3-5-9-6-8;1-7(2)8-5-3-4-6-9-8;1-6(2)7-3-8-5-9-4-7;2*1-6(2)7-5-8-3-4-9-7;1-6(2)7-3-4-8-5-9-7;2*1-6(2)7-3-4-8-9-5-7;1-6(2)7-8-4-3-5-9-7;1-6(2)7-4-3-5-8-9-7;1-5(2)6-8-3-7-4-9-6/h3*3-7H,1-2H3;8*3-6H,1-2H3;3-5H,1-2H3. The molecule has 0 atom stereocenters. The molecule has 12 aromatic rings. The summed E-state index contributed by atoms with van der Waals surface area (Å²) in [7, 11) is 0. The summed E-state index contributed by atoms with van der Waals surface area (Å²) in [4.78, 5) is 63.7. The lowest BCUT2D eigenvalue weighted by Gasteiger charge is -2.01. The monoisotopic (exact) mass is 1460 g/mol. The third-order valence-electron chi connectivity index (χ3n) is 14.7. The molecule has 576 valence electrons. The van der Waals surface area contributed by atoms with Crippen LogP contribution in [-0.4, -0.2) is 110 Å². The highest BCUT2D eigenvalue weighted by molar-refractivity contribution is 5.15. The molecule has 12 rings (SSSR count). The third kappa shape index (κ3) is 47.5. The van der Waals surface area contributed by atoms with E-state index in [1.807, 2.05) is 110 Å². The molecule has 0 spiro atoms. The summed E-state index contributed by atoms with van der Waals surface area (Å²) in [6, 6.07) is 25.8. The molecule has 0 amide bonds. The van der Waals surface area contributed by atoms with Gasteiger partial charge in [-0.2, -0.15) is 30.6 Å². The first-order valence-electron chi connectivity index (χ1n) is 37.1. The van der Waals surface area contributed by atoms with Gasteiger partial charge in [0.15, 0.2) is 0 Å². The van der Waals surface area contributed by atoms with Crippen molar-refractivity contribution in [1.82, 2.24) is 110 Å². The van der Waals surface area contributed by atoms with Crippen LogP contribution in [0.1, 0.15) is 305 Å². The molecule has 0 radical (unpaired) electrons. The summed E-state index contributed by atoms with van der Waals surface area (Å²) in [6.07, 6.45) is 43.5. The first kappa shape index (κ1) is 95.1. The molecule has 0 fully saturated rings. The fourth-order valence-corrected chi connectivity index (χ4v) is 7.71. The molecule has 12 heterocycles. The van der Waals surface area contributed by atoms with Gasteiger partial charge < -0.3 is 0 Å². The van der Waals surface area contributed by atoms with E-state index < -0.39 is 0 Å².